The van der Waals surface area contributed by atoms with Crippen LogP contribution in [-0.2, 0) is 4.74 Å². The summed E-state index contributed by atoms with van der Waals surface area (Å²) in [4.78, 5) is 0. The molecule has 0 saturated heterocycles. The van der Waals surface area contributed by atoms with Gasteiger partial charge in [0.1, 0.15) is 18.5 Å². The van der Waals surface area contributed by atoms with Crippen LogP contribution in [0.15, 0.2) is 22.8 Å². The summed E-state index contributed by atoms with van der Waals surface area (Å²) in [7, 11) is 0. The Balaban J connectivity index is 2.64. The van der Waals surface area contributed by atoms with E-state index in [9.17, 15) is 0 Å². The van der Waals surface area contributed by atoms with Crippen LogP contribution in [0.5, 0.6) is 0 Å². The maximum atomic E-state index is 5.47. The molecular weight excluding hydrogens is 164 g/mol. The summed E-state index contributed by atoms with van der Waals surface area (Å²) in [6, 6.07) is 3.76. The zero-order valence-corrected chi connectivity index (χ0v) is 7.99. The first-order valence-corrected chi connectivity index (χ1v) is 4.34. The van der Waals surface area contributed by atoms with Crippen LogP contribution >= 0.6 is 0 Å². The van der Waals surface area contributed by atoms with Gasteiger partial charge in [-0.25, -0.2) is 0 Å². The molecule has 1 aromatic rings. The lowest BCUT2D eigenvalue weighted by atomic mass is 10.1. The number of hydrogen-bond donors (Lipinski definition) is 0. The van der Waals surface area contributed by atoms with Crippen LogP contribution in [-0.4, -0.2) is 6.61 Å². The van der Waals surface area contributed by atoms with E-state index in [1.54, 1.807) is 6.26 Å². The van der Waals surface area contributed by atoms with Crippen molar-refractivity contribution < 1.29 is 9.15 Å². The van der Waals surface area contributed by atoms with Crippen molar-refractivity contribution in [3.8, 4) is 12.3 Å². The smallest absolute Gasteiger partial charge is 0.132 e. The van der Waals surface area contributed by atoms with Crippen molar-refractivity contribution >= 4 is 0 Å². The van der Waals surface area contributed by atoms with Crippen LogP contribution in [0, 0.1) is 18.3 Å². The van der Waals surface area contributed by atoms with Gasteiger partial charge in [0.25, 0.3) is 0 Å². The summed E-state index contributed by atoms with van der Waals surface area (Å²) in [5, 5.41) is 0. The van der Waals surface area contributed by atoms with E-state index < -0.39 is 0 Å². The van der Waals surface area contributed by atoms with Gasteiger partial charge in [0.15, 0.2) is 0 Å². The molecule has 1 atom stereocenters. The van der Waals surface area contributed by atoms with E-state index in [0.717, 1.165) is 5.76 Å². The Morgan fingerprint density at radius 3 is 2.85 bits per heavy atom. The molecule has 0 amide bonds. The lowest BCUT2D eigenvalue weighted by molar-refractivity contribution is 0.0267. The number of furan rings is 1. The van der Waals surface area contributed by atoms with E-state index >= 15 is 0 Å². The van der Waals surface area contributed by atoms with Crippen LogP contribution in [0.3, 0.4) is 0 Å². The first-order chi connectivity index (χ1) is 6.25. The predicted molar refractivity (Wildman–Crippen MR) is 51.1 cm³/mol. The molecule has 2 heteroatoms. The standard InChI is InChI=1S/C11H14O2/c1-4-7-13-11(9(2)3)10-6-5-8-12-10/h1,5-6,8-9,11H,7H2,2-3H3. The van der Waals surface area contributed by atoms with Gasteiger partial charge < -0.3 is 9.15 Å². The monoisotopic (exact) mass is 178 g/mol. The van der Waals surface area contributed by atoms with Gasteiger partial charge in [-0.15, -0.1) is 6.42 Å². The Bertz CT molecular complexity index is 267. The number of terminal acetylenes is 1. The fourth-order valence-corrected chi connectivity index (χ4v) is 1.19. The Hall–Kier alpha value is -1.20. The number of hydrogen-bond acceptors (Lipinski definition) is 2. The van der Waals surface area contributed by atoms with Gasteiger partial charge in [0, 0.05) is 0 Å². The van der Waals surface area contributed by atoms with Crippen LogP contribution in [0.4, 0.5) is 0 Å². The SMILES string of the molecule is C#CCOC(c1ccco1)C(C)C. The van der Waals surface area contributed by atoms with Crippen LogP contribution < -0.4 is 0 Å². The average molecular weight is 178 g/mol. The minimum atomic E-state index is -0.0361. The highest BCUT2D eigenvalue weighted by Gasteiger charge is 2.18. The second kappa shape index (κ2) is 4.74. The lowest BCUT2D eigenvalue weighted by Crippen LogP contribution is -2.10. The summed E-state index contributed by atoms with van der Waals surface area (Å²) in [6.07, 6.45) is 6.73. The van der Waals surface area contributed by atoms with E-state index in [4.69, 9.17) is 15.6 Å². The number of ether oxygens (including phenoxy) is 1. The second-order valence-corrected chi connectivity index (χ2v) is 3.20. The Kier molecular flexibility index (Phi) is 3.60. The molecule has 0 aliphatic heterocycles. The van der Waals surface area contributed by atoms with E-state index in [1.165, 1.54) is 0 Å². The van der Waals surface area contributed by atoms with Gasteiger partial charge in [0.05, 0.1) is 6.26 Å². The second-order valence-electron chi connectivity index (χ2n) is 3.20. The molecule has 0 fully saturated rings. The van der Waals surface area contributed by atoms with Crippen molar-refractivity contribution in [1.29, 1.82) is 0 Å². The minimum Gasteiger partial charge on any atom is -0.467 e. The molecule has 0 aromatic carbocycles. The number of rotatable bonds is 4. The molecule has 70 valence electrons. The highest BCUT2D eigenvalue weighted by molar-refractivity contribution is 5.03. The summed E-state index contributed by atoms with van der Waals surface area (Å²) in [5.74, 6) is 3.65. The van der Waals surface area contributed by atoms with Gasteiger partial charge in [0.2, 0.25) is 0 Å². The zero-order chi connectivity index (χ0) is 9.68. The van der Waals surface area contributed by atoms with Crippen LogP contribution in [0.1, 0.15) is 25.7 Å². The third-order valence-corrected chi connectivity index (χ3v) is 1.78. The van der Waals surface area contributed by atoms with Crippen molar-refractivity contribution in [2.75, 3.05) is 6.61 Å². The average Bonchev–Trinajstić information content (AvgIpc) is 2.57. The Morgan fingerprint density at radius 1 is 1.62 bits per heavy atom. The third kappa shape index (κ3) is 2.64. The Labute approximate surface area is 78.9 Å². The first-order valence-electron chi connectivity index (χ1n) is 4.34. The zero-order valence-electron chi connectivity index (χ0n) is 7.99. The highest BCUT2D eigenvalue weighted by Crippen LogP contribution is 2.25. The fraction of sp³-hybridized carbons (Fsp3) is 0.455. The van der Waals surface area contributed by atoms with Crippen molar-refractivity contribution in [3.05, 3.63) is 24.2 Å². The molecule has 0 saturated carbocycles. The molecule has 0 bridgehead atoms. The molecule has 0 spiro atoms. The normalized spacial score (nSPS) is 12.8. The molecule has 2 nitrogen and oxygen atoms in total. The topological polar surface area (TPSA) is 22.4 Å². The molecule has 0 N–H and O–H groups in total. The molecule has 1 heterocycles. The molecule has 1 unspecified atom stereocenters. The summed E-state index contributed by atoms with van der Waals surface area (Å²) in [6.45, 7) is 4.47. The van der Waals surface area contributed by atoms with E-state index in [2.05, 4.69) is 19.8 Å². The van der Waals surface area contributed by atoms with Gasteiger partial charge in [-0.3, -0.25) is 0 Å². The quantitative estimate of drug-likeness (QED) is 0.661. The van der Waals surface area contributed by atoms with Gasteiger partial charge in [-0.2, -0.15) is 0 Å². The summed E-state index contributed by atoms with van der Waals surface area (Å²) in [5.41, 5.74) is 0. The maximum Gasteiger partial charge on any atom is 0.132 e. The first kappa shape index (κ1) is 9.88. The highest BCUT2D eigenvalue weighted by atomic mass is 16.5. The van der Waals surface area contributed by atoms with E-state index in [-0.39, 0.29) is 6.10 Å². The van der Waals surface area contributed by atoms with Gasteiger partial charge in [-0.1, -0.05) is 19.8 Å². The molecule has 1 aromatic heterocycles. The van der Waals surface area contributed by atoms with Crippen molar-refractivity contribution in [3.63, 3.8) is 0 Å². The fourth-order valence-electron chi connectivity index (χ4n) is 1.19. The maximum absolute atomic E-state index is 5.47. The van der Waals surface area contributed by atoms with Gasteiger partial charge in [-0.05, 0) is 18.1 Å². The predicted octanol–water partition coefficient (Wildman–Crippen LogP) is 2.63. The molecule has 0 radical (unpaired) electrons. The third-order valence-electron chi connectivity index (χ3n) is 1.78. The van der Waals surface area contributed by atoms with E-state index in [0.29, 0.717) is 12.5 Å². The van der Waals surface area contributed by atoms with Crippen LogP contribution in [0.25, 0.3) is 0 Å². The molecule has 0 aliphatic rings. The van der Waals surface area contributed by atoms with Crippen molar-refractivity contribution in [2.24, 2.45) is 5.92 Å². The minimum absolute atomic E-state index is 0.0361. The van der Waals surface area contributed by atoms with Crippen molar-refractivity contribution in [2.45, 2.75) is 20.0 Å². The summed E-state index contributed by atoms with van der Waals surface area (Å²) >= 11 is 0. The van der Waals surface area contributed by atoms with Crippen LogP contribution in [0.2, 0.25) is 0 Å². The molecule has 0 aliphatic carbocycles. The molecular formula is C11H14O2. The molecule has 1 rings (SSSR count). The Morgan fingerprint density at radius 2 is 2.38 bits per heavy atom. The van der Waals surface area contributed by atoms with E-state index in [1.807, 2.05) is 12.1 Å². The van der Waals surface area contributed by atoms with Gasteiger partial charge >= 0.3 is 0 Å². The lowest BCUT2D eigenvalue weighted by Gasteiger charge is -2.17. The largest absolute Gasteiger partial charge is 0.467 e. The molecule has 13 heavy (non-hydrogen) atoms. The summed E-state index contributed by atoms with van der Waals surface area (Å²) < 4.78 is 10.7. The van der Waals surface area contributed by atoms with Crippen molar-refractivity contribution in [1.82, 2.24) is 0 Å².